The van der Waals surface area contributed by atoms with Gasteiger partial charge in [0, 0.05) is 5.02 Å². The summed E-state index contributed by atoms with van der Waals surface area (Å²) in [5, 5.41) is 0.588. The van der Waals surface area contributed by atoms with E-state index in [9.17, 15) is 4.79 Å². The van der Waals surface area contributed by atoms with E-state index in [0.717, 1.165) is 0 Å². The van der Waals surface area contributed by atoms with Gasteiger partial charge in [0.25, 0.3) is 0 Å². The van der Waals surface area contributed by atoms with E-state index in [1.807, 2.05) is 18.2 Å². The fourth-order valence-corrected chi connectivity index (χ4v) is 2.41. The van der Waals surface area contributed by atoms with Crippen LogP contribution in [0.25, 0.3) is 0 Å². The van der Waals surface area contributed by atoms with Gasteiger partial charge in [0.2, 0.25) is 0 Å². The van der Waals surface area contributed by atoms with Crippen molar-refractivity contribution in [3.63, 3.8) is 0 Å². The normalized spacial score (nSPS) is 13.6. The van der Waals surface area contributed by atoms with E-state index in [2.05, 4.69) is 0 Å². The Labute approximate surface area is 128 Å². The van der Waals surface area contributed by atoms with Crippen LogP contribution in [0.15, 0.2) is 54.6 Å². The number of hydrogen-bond acceptors (Lipinski definition) is 2. The van der Waals surface area contributed by atoms with Gasteiger partial charge in [-0.05, 0) is 30.2 Å². The molecular weight excluding hydrogens is 295 g/mol. The van der Waals surface area contributed by atoms with Crippen molar-refractivity contribution in [2.75, 3.05) is 6.61 Å². The number of ether oxygens (including phenoxy) is 1. The zero-order chi connectivity index (χ0) is 14.6. The topological polar surface area (TPSA) is 26.3 Å². The minimum atomic E-state index is -1.36. The third kappa shape index (κ3) is 2.82. The molecule has 0 saturated heterocycles. The Hall–Kier alpha value is -1.51. The first-order valence-electron chi connectivity index (χ1n) is 6.26. The lowest BCUT2D eigenvalue weighted by atomic mass is 9.90. The molecule has 0 aromatic heterocycles. The van der Waals surface area contributed by atoms with Crippen molar-refractivity contribution >= 4 is 29.2 Å². The Morgan fingerprint density at radius 3 is 2.15 bits per heavy atom. The van der Waals surface area contributed by atoms with Gasteiger partial charge in [-0.1, -0.05) is 65.7 Å². The lowest BCUT2D eigenvalue weighted by Crippen LogP contribution is -2.33. The van der Waals surface area contributed by atoms with Gasteiger partial charge in [0.05, 0.1) is 6.61 Å². The second-order valence-electron chi connectivity index (χ2n) is 4.25. The van der Waals surface area contributed by atoms with E-state index in [0.29, 0.717) is 16.1 Å². The highest BCUT2D eigenvalue weighted by Crippen LogP contribution is 2.38. The van der Waals surface area contributed by atoms with Gasteiger partial charge < -0.3 is 4.74 Å². The molecule has 0 aliphatic heterocycles. The number of esters is 1. The highest BCUT2D eigenvalue weighted by Gasteiger charge is 2.41. The van der Waals surface area contributed by atoms with E-state index in [4.69, 9.17) is 27.9 Å². The minimum absolute atomic E-state index is 0.272. The van der Waals surface area contributed by atoms with Gasteiger partial charge in [-0.15, -0.1) is 0 Å². The zero-order valence-corrected chi connectivity index (χ0v) is 12.5. The van der Waals surface area contributed by atoms with Gasteiger partial charge in [-0.2, -0.15) is 0 Å². The molecule has 0 spiro atoms. The summed E-state index contributed by atoms with van der Waals surface area (Å²) >= 11 is 12.5. The maximum Gasteiger partial charge on any atom is 0.336 e. The fraction of sp³-hybridized carbons (Fsp3) is 0.188. The van der Waals surface area contributed by atoms with E-state index < -0.39 is 10.8 Å². The molecule has 0 heterocycles. The second-order valence-corrected chi connectivity index (χ2v) is 5.26. The molecule has 2 aromatic rings. The first kappa shape index (κ1) is 14.9. The molecule has 0 aliphatic rings. The van der Waals surface area contributed by atoms with Gasteiger partial charge in [0.1, 0.15) is 0 Å². The van der Waals surface area contributed by atoms with Crippen LogP contribution in [0.1, 0.15) is 18.1 Å². The number of halogens is 2. The molecule has 2 rings (SSSR count). The molecule has 0 fully saturated rings. The van der Waals surface area contributed by atoms with Crippen molar-refractivity contribution in [1.29, 1.82) is 0 Å². The third-order valence-corrected chi connectivity index (χ3v) is 3.81. The van der Waals surface area contributed by atoms with E-state index in [1.54, 1.807) is 43.3 Å². The highest BCUT2D eigenvalue weighted by atomic mass is 35.5. The highest BCUT2D eigenvalue weighted by molar-refractivity contribution is 6.36. The lowest BCUT2D eigenvalue weighted by molar-refractivity contribution is -0.145. The summed E-state index contributed by atoms with van der Waals surface area (Å²) in [6.45, 7) is 2.02. The molecule has 0 N–H and O–H groups in total. The van der Waals surface area contributed by atoms with Crippen LogP contribution in [0.4, 0.5) is 0 Å². The average molecular weight is 309 g/mol. The molecule has 0 bridgehead atoms. The number of carbonyl (C=O) groups excluding carboxylic acids is 1. The van der Waals surface area contributed by atoms with Crippen molar-refractivity contribution in [1.82, 2.24) is 0 Å². The molecule has 4 heteroatoms. The van der Waals surface area contributed by atoms with Crippen LogP contribution in [-0.2, 0) is 14.4 Å². The van der Waals surface area contributed by atoms with Crippen LogP contribution in [0.2, 0.25) is 5.02 Å². The lowest BCUT2D eigenvalue weighted by Gasteiger charge is -2.26. The quantitative estimate of drug-likeness (QED) is 0.618. The largest absolute Gasteiger partial charge is 0.464 e. The van der Waals surface area contributed by atoms with Crippen molar-refractivity contribution in [2.24, 2.45) is 0 Å². The Balaban J connectivity index is 2.55. The van der Waals surface area contributed by atoms with Crippen LogP contribution in [-0.4, -0.2) is 12.6 Å². The first-order chi connectivity index (χ1) is 9.59. The Morgan fingerprint density at radius 1 is 1.05 bits per heavy atom. The first-order valence-corrected chi connectivity index (χ1v) is 7.02. The Kier molecular flexibility index (Phi) is 4.69. The van der Waals surface area contributed by atoms with Crippen molar-refractivity contribution in [3.8, 4) is 0 Å². The fourth-order valence-electron chi connectivity index (χ4n) is 1.98. The summed E-state index contributed by atoms with van der Waals surface area (Å²) in [6, 6.07) is 16.0. The van der Waals surface area contributed by atoms with Crippen LogP contribution < -0.4 is 0 Å². The Bertz CT molecular complexity index is 581. The average Bonchev–Trinajstić information content (AvgIpc) is 2.48. The summed E-state index contributed by atoms with van der Waals surface area (Å²) in [5.41, 5.74) is 1.30. The monoisotopic (exact) mass is 308 g/mol. The summed E-state index contributed by atoms with van der Waals surface area (Å²) in [6.07, 6.45) is 0. The molecule has 104 valence electrons. The maximum atomic E-state index is 12.4. The van der Waals surface area contributed by atoms with E-state index in [1.165, 1.54) is 0 Å². The maximum absolute atomic E-state index is 12.4. The van der Waals surface area contributed by atoms with Crippen LogP contribution in [0, 0.1) is 0 Å². The van der Waals surface area contributed by atoms with Crippen molar-refractivity contribution in [3.05, 3.63) is 70.7 Å². The van der Waals surface area contributed by atoms with Crippen molar-refractivity contribution < 1.29 is 9.53 Å². The third-order valence-electron chi connectivity index (χ3n) is 2.97. The number of alkyl halides is 1. The van der Waals surface area contributed by atoms with Crippen molar-refractivity contribution in [2.45, 2.75) is 11.8 Å². The molecule has 1 unspecified atom stereocenters. The van der Waals surface area contributed by atoms with E-state index >= 15 is 0 Å². The van der Waals surface area contributed by atoms with E-state index in [-0.39, 0.29) is 6.61 Å². The minimum Gasteiger partial charge on any atom is -0.464 e. The molecular formula is C16H14Cl2O2. The molecule has 0 aliphatic carbocycles. The molecule has 0 saturated carbocycles. The molecule has 2 aromatic carbocycles. The summed E-state index contributed by atoms with van der Waals surface area (Å²) in [7, 11) is 0. The van der Waals surface area contributed by atoms with Gasteiger partial charge in [0.15, 0.2) is 4.87 Å². The predicted molar refractivity (Wildman–Crippen MR) is 81.2 cm³/mol. The molecule has 20 heavy (non-hydrogen) atoms. The molecule has 0 amide bonds. The summed E-state index contributed by atoms with van der Waals surface area (Å²) in [4.78, 5) is 11.0. The standard InChI is InChI=1S/C16H14Cl2O2/c1-2-20-15(19)16(18,12-6-4-3-5-7-12)13-8-10-14(17)11-9-13/h3-11H,2H2,1H3. The smallest absolute Gasteiger partial charge is 0.336 e. The Morgan fingerprint density at radius 2 is 1.60 bits per heavy atom. The number of carbonyl (C=O) groups is 1. The van der Waals surface area contributed by atoms with Gasteiger partial charge in [-0.25, -0.2) is 4.79 Å². The predicted octanol–water partition coefficient (Wildman–Crippen LogP) is 4.39. The summed E-state index contributed by atoms with van der Waals surface area (Å²) in [5.74, 6) is -0.491. The van der Waals surface area contributed by atoms with Crippen LogP contribution in [0.3, 0.4) is 0 Å². The van der Waals surface area contributed by atoms with Crippen LogP contribution in [0.5, 0.6) is 0 Å². The molecule has 0 radical (unpaired) electrons. The number of benzene rings is 2. The summed E-state index contributed by atoms with van der Waals surface area (Å²) < 4.78 is 5.14. The molecule has 2 nitrogen and oxygen atoms in total. The van der Waals surface area contributed by atoms with Crippen LogP contribution >= 0.6 is 23.2 Å². The van der Waals surface area contributed by atoms with Gasteiger partial charge >= 0.3 is 5.97 Å². The second kappa shape index (κ2) is 6.29. The SMILES string of the molecule is CCOC(=O)C(Cl)(c1ccccc1)c1ccc(Cl)cc1. The number of hydrogen-bond donors (Lipinski definition) is 0. The van der Waals surface area contributed by atoms with Gasteiger partial charge in [-0.3, -0.25) is 0 Å². The number of rotatable bonds is 4. The zero-order valence-electron chi connectivity index (χ0n) is 11.0. The molecule has 1 atom stereocenters.